The molecule has 2 saturated carbocycles. The van der Waals surface area contributed by atoms with E-state index in [1.165, 1.54) is 83.6 Å². The molecule has 1 aliphatic heterocycles. The zero-order valence-corrected chi connectivity index (χ0v) is 11.8. The Morgan fingerprint density at radius 2 is 1.22 bits per heavy atom. The van der Waals surface area contributed by atoms with E-state index in [2.05, 4.69) is 5.32 Å². The molecule has 18 heavy (non-hydrogen) atoms. The first-order chi connectivity index (χ1) is 8.83. The van der Waals surface area contributed by atoms with Crippen LogP contribution in [0.1, 0.15) is 77.0 Å². The summed E-state index contributed by atoms with van der Waals surface area (Å²) in [5, 5.41) is 3.84. The first kappa shape index (κ1) is 12.9. The summed E-state index contributed by atoms with van der Waals surface area (Å²) in [5.41, 5.74) is 0.551. The Kier molecular flexibility index (Phi) is 3.95. The van der Waals surface area contributed by atoms with Crippen molar-refractivity contribution in [3.63, 3.8) is 0 Å². The third kappa shape index (κ3) is 2.75. The van der Waals surface area contributed by atoms with Crippen molar-refractivity contribution in [2.24, 2.45) is 5.41 Å². The molecule has 1 heterocycles. The van der Waals surface area contributed by atoms with Gasteiger partial charge in [-0.05, 0) is 38.5 Å². The van der Waals surface area contributed by atoms with Crippen molar-refractivity contribution in [1.82, 2.24) is 5.32 Å². The molecule has 3 rings (SSSR count). The van der Waals surface area contributed by atoms with Crippen molar-refractivity contribution in [2.45, 2.75) is 82.8 Å². The molecule has 0 aromatic heterocycles. The van der Waals surface area contributed by atoms with Crippen molar-refractivity contribution in [3.05, 3.63) is 0 Å². The van der Waals surface area contributed by atoms with Gasteiger partial charge < -0.3 is 4.74 Å². The summed E-state index contributed by atoms with van der Waals surface area (Å²) in [6, 6.07) is 0. The number of nitrogens with one attached hydrogen (secondary N) is 1. The minimum atomic E-state index is 0.0586. The van der Waals surface area contributed by atoms with Crippen LogP contribution < -0.4 is 5.32 Å². The zero-order chi connectivity index (χ0) is 12.3. The molecule has 0 amide bonds. The third-order valence-electron chi connectivity index (χ3n) is 5.52. The average molecular weight is 251 g/mol. The predicted octanol–water partition coefficient (Wildman–Crippen LogP) is 4.00. The van der Waals surface area contributed by atoms with E-state index < -0.39 is 0 Å². The molecule has 0 atom stereocenters. The Labute approximate surface area is 112 Å². The van der Waals surface area contributed by atoms with Gasteiger partial charge in [-0.25, -0.2) is 0 Å². The second-order valence-electron chi connectivity index (χ2n) is 6.96. The maximum Gasteiger partial charge on any atom is 0.119 e. The Morgan fingerprint density at radius 3 is 1.83 bits per heavy atom. The van der Waals surface area contributed by atoms with Crippen molar-refractivity contribution < 1.29 is 4.74 Å². The highest BCUT2D eigenvalue weighted by Gasteiger charge is 2.43. The van der Waals surface area contributed by atoms with Gasteiger partial charge >= 0.3 is 0 Å². The van der Waals surface area contributed by atoms with Crippen LogP contribution in [-0.2, 0) is 4.74 Å². The van der Waals surface area contributed by atoms with E-state index in [-0.39, 0.29) is 5.72 Å². The van der Waals surface area contributed by atoms with Gasteiger partial charge in [0.25, 0.3) is 0 Å². The van der Waals surface area contributed by atoms with Crippen LogP contribution in [0.25, 0.3) is 0 Å². The van der Waals surface area contributed by atoms with E-state index >= 15 is 0 Å². The van der Waals surface area contributed by atoms with Gasteiger partial charge in [-0.2, -0.15) is 0 Å². The molecule has 104 valence electrons. The van der Waals surface area contributed by atoms with E-state index in [0.29, 0.717) is 5.41 Å². The van der Waals surface area contributed by atoms with Gasteiger partial charge in [0, 0.05) is 12.0 Å². The lowest BCUT2D eigenvalue weighted by Gasteiger charge is -2.49. The Hall–Kier alpha value is -0.0800. The summed E-state index contributed by atoms with van der Waals surface area (Å²) in [6.07, 6.45) is 16.4. The lowest BCUT2D eigenvalue weighted by atomic mass is 9.73. The van der Waals surface area contributed by atoms with Crippen LogP contribution >= 0.6 is 0 Å². The fourth-order valence-corrected chi connectivity index (χ4v) is 4.16. The smallest absolute Gasteiger partial charge is 0.119 e. The second-order valence-corrected chi connectivity index (χ2v) is 6.96. The fraction of sp³-hybridized carbons (Fsp3) is 1.00. The summed E-state index contributed by atoms with van der Waals surface area (Å²) in [4.78, 5) is 0. The van der Waals surface area contributed by atoms with E-state index in [9.17, 15) is 0 Å². The normalized spacial score (nSPS) is 32.0. The van der Waals surface area contributed by atoms with Crippen LogP contribution in [0.5, 0.6) is 0 Å². The first-order valence-corrected chi connectivity index (χ1v) is 8.22. The van der Waals surface area contributed by atoms with E-state index in [0.717, 1.165) is 6.61 Å². The highest BCUT2D eigenvalue weighted by atomic mass is 16.5. The van der Waals surface area contributed by atoms with Crippen molar-refractivity contribution in [3.8, 4) is 0 Å². The topological polar surface area (TPSA) is 21.3 Å². The third-order valence-corrected chi connectivity index (χ3v) is 5.52. The lowest BCUT2D eigenvalue weighted by Crippen LogP contribution is -2.59. The standard InChI is InChI=1S/C16H29NO/c1-2-7-11-16(12-8-3-1)17-13-15(14-18-16)9-5-4-6-10-15/h17H,1-14H2. The average Bonchev–Trinajstić information content (AvgIpc) is 2.39. The fourth-order valence-electron chi connectivity index (χ4n) is 4.16. The molecule has 3 aliphatic rings. The minimum absolute atomic E-state index is 0.0586. The van der Waals surface area contributed by atoms with Crippen molar-refractivity contribution in [1.29, 1.82) is 0 Å². The van der Waals surface area contributed by atoms with E-state index in [1.54, 1.807) is 0 Å². The maximum absolute atomic E-state index is 6.42. The Bertz CT molecular complexity index is 250. The van der Waals surface area contributed by atoms with Gasteiger partial charge in [0.2, 0.25) is 0 Å². The van der Waals surface area contributed by atoms with E-state index in [1.807, 2.05) is 0 Å². The molecule has 0 aromatic rings. The van der Waals surface area contributed by atoms with Crippen molar-refractivity contribution >= 4 is 0 Å². The summed E-state index contributed by atoms with van der Waals surface area (Å²) < 4.78 is 6.42. The minimum Gasteiger partial charge on any atom is -0.360 e. The first-order valence-electron chi connectivity index (χ1n) is 8.22. The largest absolute Gasteiger partial charge is 0.360 e. The van der Waals surface area contributed by atoms with Gasteiger partial charge in [-0.15, -0.1) is 0 Å². The highest BCUT2D eigenvalue weighted by Crippen LogP contribution is 2.41. The van der Waals surface area contributed by atoms with Crippen LogP contribution in [-0.4, -0.2) is 18.9 Å². The molecule has 0 bridgehead atoms. The molecule has 0 radical (unpaired) electrons. The van der Waals surface area contributed by atoms with Crippen LogP contribution in [0.15, 0.2) is 0 Å². The summed E-state index contributed by atoms with van der Waals surface area (Å²) in [7, 11) is 0. The monoisotopic (exact) mass is 251 g/mol. The molecule has 0 unspecified atom stereocenters. The lowest BCUT2D eigenvalue weighted by molar-refractivity contribution is -0.163. The molecular weight excluding hydrogens is 222 g/mol. The molecule has 0 aromatic carbocycles. The quantitative estimate of drug-likeness (QED) is 0.702. The highest BCUT2D eigenvalue weighted by molar-refractivity contribution is 4.93. The summed E-state index contributed by atoms with van der Waals surface area (Å²) in [6.45, 7) is 2.24. The van der Waals surface area contributed by atoms with Crippen molar-refractivity contribution in [2.75, 3.05) is 13.2 Å². The number of hydrogen-bond donors (Lipinski definition) is 1. The molecule has 1 saturated heterocycles. The SMILES string of the molecule is C1CCCC2(CCC1)NCC1(CCCCC1)CO2. The molecule has 2 heteroatoms. The zero-order valence-electron chi connectivity index (χ0n) is 11.8. The van der Waals surface area contributed by atoms with Gasteiger partial charge in [0.1, 0.15) is 5.72 Å². The molecule has 2 spiro atoms. The number of rotatable bonds is 0. The van der Waals surface area contributed by atoms with Gasteiger partial charge in [0.05, 0.1) is 6.61 Å². The van der Waals surface area contributed by atoms with Gasteiger partial charge in [-0.3, -0.25) is 5.32 Å². The molecule has 2 aliphatic carbocycles. The predicted molar refractivity (Wildman–Crippen MR) is 74.5 cm³/mol. The molecule has 3 fully saturated rings. The molecular formula is C16H29NO. The van der Waals surface area contributed by atoms with Crippen LogP contribution in [0.3, 0.4) is 0 Å². The Balaban J connectivity index is 1.60. The maximum atomic E-state index is 6.42. The summed E-state index contributed by atoms with van der Waals surface area (Å²) in [5.74, 6) is 0. The Morgan fingerprint density at radius 1 is 0.667 bits per heavy atom. The molecule has 1 N–H and O–H groups in total. The molecule has 2 nitrogen and oxygen atoms in total. The number of hydrogen-bond acceptors (Lipinski definition) is 2. The van der Waals surface area contributed by atoms with Gasteiger partial charge in [-0.1, -0.05) is 38.5 Å². The van der Waals surface area contributed by atoms with Crippen LogP contribution in [0.2, 0.25) is 0 Å². The second kappa shape index (κ2) is 5.50. The van der Waals surface area contributed by atoms with Gasteiger partial charge in [0.15, 0.2) is 0 Å². The van der Waals surface area contributed by atoms with Crippen LogP contribution in [0, 0.1) is 5.41 Å². The van der Waals surface area contributed by atoms with E-state index in [4.69, 9.17) is 4.74 Å². The van der Waals surface area contributed by atoms with Crippen LogP contribution in [0.4, 0.5) is 0 Å². The number of ether oxygens (including phenoxy) is 1. The summed E-state index contributed by atoms with van der Waals surface area (Å²) >= 11 is 0.